The fourth-order valence-corrected chi connectivity index (χ4v) is 3.31. The first-order valence-electron chi connectivity index (χ1n) is 8.70. The molecule has 6 nitrogen and oxygen atoms in total. The topological polar surface area (TPSA) is 75.4 Å². The van der Waals surface area contributed by atoms with Crippen molar-refractivity contribution in [3.8, 4) is 5.69 Å². The van der Waals surface area contributed by atoms with Crippen LogP contribution in [0.5, 0.6) is 0 Å². The SMILES string of the molecule is O=C(O)CCC1CCCN(C(=O)Cc2cnn(-c3ccccc3)c2)C1. The van der Waals surface area contributed by atoms with E-state index in [1.54, 1.807) is 10.9 Å². The fourth-order valence-electron chi connectivity index (χ4n) is 3.31. The van der Waals surface area contributed by atoms with Crippen LogP contribution >= 0.6 is 0 Å². The highest BCUT2D eigenvalue weighted by molar-refractivity contribution is 5.78. The minimum absolute atomic E-state index is 0.0904. The molecule has 0 spiro atoms. The zero-order chi connectivity index (χ0) is 17.6. The number of piperidine rings is 1. The lowest BCUT2D eigenvalue weighted by atomic mass is 9.93. The summed E-state index contributed by atoms with van der Waals surface area (Å²) in [6.07, 6.45) is 6.72. The second-order valence-electron chi connectivity index (χ2n) is 6.59. The molecule has 0 bridgehead atoms. The molecule has 25 heavy (non-hydrogen) atoms. The normalized spacial score (nSPS) is 17.4. The molecule has 132 valence electrons. The highest BCUT2D eigenvalue weighted by atomic mass is 16.4. The molecule has 2 heterocycles. The summed E-state index contributed by atoms with van der Waals surface area (Å²) in [5.74, 6) is -0.384. The molecule has 3 rings (SSSR count). The average Bonchev–Trinajstić information content (AvgIpc) is 3.09. The van der Waals surface area contributed by atoms with Crippen LogP contribution in [0.3, 0.4) is 0 Å². The molecule has 1 aliphatic heterocycles. The lowest BCUT2D eigenvalue weighted by Gasteiger charge is -2.32. The molecular formula is C19H23N3O3. The summed E-state index contributed by atoms with van der Waals surface area (Å²) in [5.41, 5.74) is 1.86. The molecule has 1 aromatic carbocycles. The monoisotopic (exact) mass is 341 g/mol. The summed E-state index contributed by atoms with van der Waals surface area (Å²) in [6.45, 7) is 1.42. The van der Waals surface area contributed by atoms with Gasteiger partial charge in [0.15, 0.2) is 0 Å². The number of amides is 1. The van der Waals surface area contributed by atoms with E-state index in [9.17, 15) is 9.59 Å². The van der Waals surface area contributed by atoms with Crippen molar-refractivity contribution in [2.75, 3.05) is 13.1 Å². The number of carbonyl (C=O) groups excluding carboxylic acids is 1. The highest BCUT2D eigenvalue weighted by Crippen LogP contribution is 2.21. The molecule has 1 N–H and O–H groups in total. The van der Waals surface area contributed by atoms with Gasteiger partial charge in [0, 0.05) is 25.7 Å². The average molecular weight is 341 g/mol. The number of carbonyl (C=O) groups is 2. The third-order valence-electron chi connectivity index (χ3n) is 4.65. The van der Waals surface area contributed by atoms with Crippen LogP contribution in [0.2, 0.25) is 0 Å². The molecular weight excluding hydrogens is 318 g/mol. The molecule has 1 aromatic heterocycles. The zero-order valence-electron chi connectivity index (χ0n) is 14.2. The number of hydrogen-bond donors (Lipinski definition) is 1. The molecule has 1 fully saturated rings. The smallest absolute Gasteiger partial charge is 0.303 e. The number of aliphatic carboxylic acids is 1. The molecule has 0 radical (unpaired) electrons. The Morgan fingerprint density at radius 3 is 2.80 bits per heavy atom. The number of aromatic nitrogens is 2. The third-order valence-corrected chi connectivity index (χ3v) is 4.65. The van der Waals surface area contributed by atoms with E-state index in [-0.39, 0.29) is 12.3 Å². The Labute approximate surface area is 147 Å². The van der Waals surface area contributed by atoms with Gasteiger partial charge in [0.05, 0.1) is 18.3 Å². The Morgan fingerprint density at radius 2 is 2.04 bits per heavy atom. The fraction of sp³-hybridized carbons (Fsp3) is 0.421. The van der Waals surface area contributed by atoms with E-state index < -0.39 is 5.97 Å². The number of benzene rings is 1. The Morgan fingerprint density at radius 1 is 1.24 bits per heavy atom. The second-order valence-corrected chi connectivity index (χ2v) is 6.59. The first kappa shape index (κ1) is 17.2. The summed E-state index contributed by atoms with van der Waals surface area (Å²) in [7, 11) is 0. The van der Waals surface area contributed by atoms with Gasteiger partial charge >= 0.3 is 5.97 Å². The van der Waals surface area contributed by atoms with E-state index in [4.69, 9.17) is 5.11 Å². The van der Waals surface area contributed by atoms with Crippen molar-refractivity contribution in [1.82, 2.24) is 14.7 Å². The van der Waals surface area contributed by atoms with E-state index in [1.807, 2.05) is 41.4 Å². The van der Waals surface area contributed by atoms with Gasteiger partial charge in [-0.3, -0.25) is 9.59 Å². The summed E-state index contributed by atoms with van der Waals surface area (Å²) >= 11 is 0. The maximum absolute atomic E-state index is 12.6. The van der Waals surface area contributed by atoms with Gasteiger partial charge in [-0.05, 0) is 42.9 Å². The van der Waals surface area contributed by atoms with Crippen LogP contribution in [0, 0.1) is 5.92 Å². The molecule has 0 aliphatic carbocycles. The van der Waals surface area contributed by atoms with E-state index in [1.165, 1.54) is 0 Å². The Hall–Kier alpha value is -2.63. The lowest BCUT2D eigenvalue weighted by Crippen LogP contribution is -2.40. The van der Waals surface area contributed by atoms with Crippen LogP contribution in [0.25, 0.3) is 5.69 Å². The summed E-state index contributed by atoms with van der Waals surface area (Å²) < 4.78 is 1.77. The molecule has 1 saturated heterocycles. The van der Waals surface area contributed by atoms with Crippen LogP contribution in [0.4, 0.5) is 0 Å². The number of hydrogen-bond acceptors (Lipinski definition) is 3. The van der Waals surface area contributed by atoms with Crippen molar-refractivity contribution in [3.05, 3.63) is 48.3 Å². The summed E-state index contributed by atoms with van der Waals surface area (Å²) in [4.78, 5) is 25.2. The van der Waals surface area contributed by atoms with E-state index >= 15 is 0 Å². The van der Waals surface area contributed by atoms with E-state index in [0.717, 1.165) is 30.6 Å². The number of para-hydroxylation sites is 1. The van der Waals surface area contributed by atoms with Crippen molar-refractivity contribution in [2.24, 2.45) is 5.92 Å². The van der Waals surface area contributed by atoms with Crippen molar-refractivity contribution < 1.29 is 14.7 Å². The van der Waals surface area contributed by atoms with E-state index in [0.29, 0.717) is 25.3 Å². The maximum Gasteiger partial charge on any atom is 0.303 e. The van der Waals surface area contributed by atoms with Crippen LogP contribution < -0.4 is 0 Å². The Kier molecular flexibility index (Phi) is 5.48. The van der Waals surface area contributed by atoms with Gasteiger partial charge in [-0.25, -0.2) is 4.68 Å². The van der Waals surface area contributed by atoms with Crippen molar-refractivity contribution in [2.45, 2.75) is 32.1 Å². The van der Waals surface area contributed by atoms with Gasteiger partial charge in [-0.15, -0.1) is 0 Å². The van der Waals surface area contributed by atoms with Gasteiger partial charge < -0.3 is 10.0 Å². The molecule has 0 saturated carbocycles. The van der Waals surface area contributed by atoms with E-state index in [2.05, 4.69) is 5.10 Å². The quantitative estimate of drug-likeness (QED) is 0.876. The van der Waals surface area contributed by atoms with Crippen LogP contribution in [-0.2, 0) is 16.0 Å². The van der Waals surface area contributed by atoms with Crippen molar-refractivity contribution in [1.29, 1.82) is 0 Å². The predicted octanol–water partition coefficient (Wildman–Crippen LogP) is 2.52. The lowest BCUT2D eigenvalue weighted by molar-refractivity contribution is -0.137. The molecule has 2 aromatic rings. The molecule has 1 unspecified atom stereocenters. The number of rotatable bonds is 6. The number of nitrogens with zero attached hydrogens (tertiary/aromatic N) is 3. The Bertz CT molecular complexity index is 727. The first-order valence-corrected chi connectivity index (χ1v) is 8.70. The van der Waals surface area contributed by atoms with Crippen LogP contribution in [0.1, 0.15) is 31.2 Å². The van der Waals surface area contributed by atoms with Gasteiger partial charge in [-0.2, -0.15) is 5.10 Å². The molecule has 1 amide bonds. The zero-order valence-corrected chi connectivity index (χ0v) is 14.2. The van der Waals surface area contributed by atoms with Gasteiger partial charge in [-0.1, -0.05) is 18.2 Å². The first-order chi connectivity index (χ1) is 12.1. The number of carboxylic acid groups (broad SMARTS) is 1. The Balaban J connectivity index is 1.57. The third kappa shape index (κ3) is 4.68. The maximum atomic E-state index is 12.6. The van der Waals surface area contributed by atoms with Gasteiger partial charge in [0.1, 0.15) is 0 Å². The van der Waals surface area contributed by atoms with Crippen molar-refractivity contribution in [3.63, 3.8) is 0 Å². The minimum Gasteiger partial charge on any atom is -0.481 e. The summed E-state index contributed by atoms with van der Waals surface area (Å²) in [6, 6.07) is 9.79. The van der Waals surface area contributed by atoms with Crippen molar-refractivity contribution >= 4 is 11.9 Å². The predicted molar refractivity (Wildman–Crippen MR) is 93.4 cm³/mol. The largest absolute Gasteiger partial charge is 0.481 e. The second kappa shape index (κ2) is 7.96. The van der Waals surface area contributed by atoms with Crippen LogP contribution in [0.15, 0.2) is 42.7 Å². The molecule has 1 atom stereocenters. The van der Waals surface area contributed by atoms with Gasteiger partial charge in [0.25, 0.3) is 0 Å². The minimum atomic E-state index is -0.767. The number of carboxylic acids is 1. The highest BCUT2D eigenvalue weighted by Gasteiger charge is 2.24. The molecule has 1 aliphatic rings. The molecule has 6 heteroatoms. The summed E-state index contributed by atoms with van der Waals surface area (Å²) in [5, 5.41) is 13.1. The van der Waals surface area contributed by atoms with Gasteiger partial charge in [0.2, 0.25) is 5.91 Å². The van der Waals surface area contributed by atoms with Crippen LogP contribution in [-0.4, -0.2) is 44.8 Å². The number of likely N-dealkylation sites (tertiary alicyclic amines) is 1. The standard InChI is InChI=1S/C19H23N3O3/c23-18(21-10-4-5-15(13-21)8-9-19(24)25)11-16-12-20-22(14-16)17-6-2-1-3-7-17/h1-3,6-7,12,14-15H,4-5,8-11,13H2,(H,24,25).